The lowest BCUT2D eigenvalue weighted by molar-refractivity contribution is 0.0764. The van der Waals surface area contributed by atoms with Crippen molar-refractivity contribution in [3.8, 4) is 0 Å². The zero-order valence-electron chi connectivity index (χ0n) is 14.9. The van der Waals surface area contributed by atoms with Crippen LogP contribution in [-0.2, 0) is 0 Å². The molecule has 0 unspecified atom stereocenters. The van der Waals surface area contributed by atoms with Gasteiger partial charge in [-0.1, -0.05) is 0 Å². The first kappa shape index (κ1) is 16.8. The van der Waals surface area contributed by atoms with Crippen molar-refractivity contribution in [2.45, 2.75) is 32.1 Å². The van der Waals surface area contributed by atoms with Crippen molar-refractivity contribution < 1.29 is 4.79 Å². The van der Waals surface area contributed by atoms with Crippen molar-refractivity contribution in [3.63, 3.8) is 0 Å². The number of aryl methyl sites for hydroxylation is 1. The monoisotopic (exact) mass is 353 g/mol. The molecule has 0 bridgehead atoms. The van der Waals surface area contributed by atoms with Crippen LogP contribution in [0.3, 0.4) is 0 Å². The maximum Gasteiger partial charge on any atom is 0.263 e. The smallest absolute Gasteiger partial charge is 0.263 e. The highest BCUT2D eigenvalue weighted by Crippen LogP contribution is 2.37. The summed E-state index contributed by atoms with van der Waals surface area (Å²) in [5.74, 6) is 0.846. The lowest BCUT2D eigenvalue weighted by Crippen LogP contribution is -2.38. The van der Waals surface area contributed by atoms with Gasteiger partial charge in [-0.3, -0.25) is 14.6 Å². The number of H-pyrrole nitrogens is 1. The molecular weight excluding hydrogens is 330 g/mol. The molecule has 1 aliphatic carbocycles. The van der Waals surface area contributed by atoms with Gasteiger partial charge in [0.25, 0.3) is 11.5 Å². The second kappa shape index (κ2) is 6.90. The average Bonchev–Trinajstić information content (AvgIpc) is 3.48. The number of aromatic amines is 1. The van der Waals surface area contributed by atoms with E-state index in [-0.39, 0.29) is 17.0 Å². The number of carbonyl (C=O) groups excluding carboxylic acids is 1. The van der Waals surface area contributed by atoms with E-state index in [2.05, 4.69) is 19.9 Å². The van der Waals surface area contributed by atoms with Crippen LogP contribution in [0.1, 0.15) is 46.9 Å². The van der Waals surface area contributed by atoms with Gasteiger partial charge in [0, 0.05) is 56.4 Å². The van der Waals surface area contributed by atoms with Crippen LogP contribution in [0.2, 0.25) is 0 Å². The summed E-state index contributed by atoms with van der Waals surface area (Å²) >= 11 is 0. The lowest BCUT2D eigenvalue weighted by Gasteiger charge is -2.24. The van der Waals surface area contributed by atoms with E-state index < -0.39 is 0 Å². The van der Waals surface area contributed by atoms with Crippen LogP contribution >= 0.6 is 0 Å². The van der Waals surface area contributed by atoms with Gasteiger partial charge in [-0.15, -0.1) is 0 Å². The van der Waals surface area contributed by atoms with E-state index in [0.717, 1.165) is 43.6 Å². The Balaban J connectivity index is 1.48. The first-order valence-corrected chi connectivity index (χ1v) is 9.17. The van der Waals surface area contributed by atoms with Gasteiger partial charge < -0.3 is 14.8 Å². The van der Waals surface area contributed by atoms with Crippen molar-refractivity contribution in [3.05, 3.63) is 52.0 Å². The van der Waals surface area contributed by atoms with Gasteiger partial charge in [-0.25, -0.2) is 4.98 Å². The highest BCUT2D eigenvalue weighted by atomic mass is 16.2. The Morgan fingerprint density at radius 2 is 2.04 bits per heavy atom. The Hall–Kier alpha value is -2.70. The van der Waals surface area contributed by atoms with E-state index in [1.807, 2.05) is 19.2 Å². The molecule has 0 spiro atoms. The topological polar surface area (TPSA) is 82.2 Å². The zero-order valence-corrected chi connectivity index (χ0v) is 14.9. The minimum absolute atomic E-state index is 0.142. The van der Waals surface area contributed by atoms with Gasteiger partial charge in [0.1, 0.15) is 11.4 Å². The number of amides is 1. The number of hydrogen-bond acceptors (Lipinski definition) is 5. The van der Waals surface area contributed by atoms with E-state index in [0.29, 0.717) is 24.8 Å². The minimum atomic E-state index is -0.321. The van der Waals surface area contributed by atoms with Crippen LogP contribution in [-0.4, -0.2) is 51.9 Å². The molecule has 26 heavy (non-hydrogen) atoms. The van der Waals surface area contributed by atoms with E-state index >= 15 is 0 Å². The quantitative estimate of drug-likeness (QED) is 0.908. The number of carbonyl (C=O) groups is 1. The summed E-state index contributed by atoms with van der Waals surface area (Å²) in [6, 6.07) is 2.01. The zero-order chi connectivity index (χ0) is 18.1. The predicted molar refractivity (Wildman–Crippen MR) is 98.5 cm³/mol. The Morgan fingerprint density at radius 3 is 2.77 bits per heavy atom. The summed E-state index contributed by atoms with van der Waals surface area (Å²) in [5.41, 5.74) is 2.10. The summed E-state index contributed by atoms with van der Waals surface area (Å²) in [6.45, 7) is 4.89. The number of pyridine rings is 1. The van der Waals surface area contributed by atoms with Crippen LogP contribution in [0.25, 0.3) is 0 Å². The molecule has 1 saturated heterocycles. The molecule has 7 heteroatoms. The van der Waals surface area contributed by atoms with Crippen molar-refractivity contribution >= 4 is 11.6 Å². The summed E-state index contributed by atoms with van der Waals surface area (Å²) in [6.07, 6.45) is 8.08. The van der Waals surface area contributed by atoms with E-state index in [9.17, 15) is 9.59 Å². The number of nitrogens with zero attached hydrogens (tertiary/aromatic N) is 4. The fourth-order valence-electron chi connectivity index (χ4n) is 3.48. The molecule has 1 saturated carbocycles. The number of anilines is 1. The number of hydrogen-bond donors (Lipinski definition) is 1. The largest absolute Gasteiger partial charge is 0.369 e. The van der Waals surface area contributed by atoms with Gasteiger partial charge in [-0.05, 0) is 37.8 Å². The Bertz CT molecular complexity index is 874. The van der Waals surface area contributed by atoms with Crippen LogP contribution in [0, 0.1) is 6.92 Å². The van der Waals surface area contributed by atoms with Crippen LogP contribution in [0.4, 0.5) is 5.69 Å². The maximum atomic E-state index is 12.8. The number of aromatic nitrogens is 3. The van der Waals surface area contributed by atoms with Crippen molar-refractivity contribution in [1.29, 1.82) is 0 Å². The number of nitrogens with one attached hydrogen (secondary N) is 1. The van der Waals surface area contributed by atoms with Gasteiger partial charge in [0.15, 0.2) is 0 Å². The molecular formula is C19H23N5O2. The molecule has 2 fully saturated rings. The van der Waals surface area contributed by atoms with Crippen LogP contribution < -0.4 is 10.5 Å². The van der Waals surface area contributed by atoms with E-state index in [4.69, 9.17) is 0 Å². The van der Waals surface area contributed by atoms with Gasteiger partial charge in [0.2, 0.25) is 0 Å². The van der Waals surface area contributed by atoms with Crippen molar-refractivity contribution in [1.82, 2.24) is 19.9 Å². The molecule has 2 aromatic heterocycles. The molecule has 0 radical (unpaired) electrons. The Labute approximate surface area is 152 Å². The number of rotatable bonds is 3. The molecule has 2 aromatic rings. The SMILES string of the molecule is Cc1cnccc1N1CCCN(C(=O)c2cnc(C3CC3)[nH]c2=O)CC1. The third-order valence-electron chi connectivity index (χ3n) is 5.13. The molecule has 0 atom stereocenters. The molecule has 1 aliphatic heterocycles. The average molecular weight is 353 g/mol. The molecule has 4 rings (SSSR count). The molecule has 1 amide bonds. The van der Waals surface area contributed by atoms with Crippen LogP contribution in [0.5, 0.6) is 0 Å². The first-order valence-electron chi connectivity index (χ1n) is 9.17. The molecule has 1 N–H and O–H groups in total. The molecule has 7 nitrogen and oxygen atoms in total. The third-order valence-corrected chi connectivity index (χ3v) is 5.13. The highest BCUT2D eigenvalue weighted by molar-refractivity contribution is 5.93. The molecule has 2 aliphatic rings. The van der Waals surface area contributed by atoms with Gasteiger partial charge >= 0.3 is 0 Å². The first-order chi connectivity index (χ1) is 12.6. The van der Waals surface area contributed by atoms with E-state index in [1.165, 1.54) is 6.20 Å². The van der Waals surface area contributed by atoms with Crippen molar-refractivity contribution in [2.24, 2.45) is 0 Å². The second-order valence-electron chi connectivity index (χ2n) is 7.08. The lowest BCUT2D eigenvalue weighted by atomic mass is 10.2. The van der Waals surface area contributed by atoms with Crippen LogP contribution in [0.15, 0.2) is 29.5 Å². The summed E-state index contributed by atoms with van der Waals surface area (Å²) in [4.78, 5) is 40.4. The summed E-state index contributed by atoms with van der Waals surface area (Å²) in [5, 5.41) is 0. The predicted octanol–water partition coefficient (Wildman–Crippen LogP) is 1.70. The minimum Gasteiger partial charge on any atom is -0.369 e. The molecule has 136 valence electrons. The van der Waals surface area contributed by atoms with E-state index in [1.54, 1.807) is 11.1 Å². The highest BCUT2D eigenvalue weighted by Gasteiger charge is 2.28. The second-order valence-corrected chi connectivity index (χ2v) is 7.08. The summed E-state index contributed by atoms with van der Waals surface area (Å²) in [7, 11) is 0. The standard InChI is InChI=1S/C19H23N5O2/c1-13-11-20-6-5-16(13)23-7-2-8-24(10-9-23)19(26)15-12-21-17(14-3-4-14)22-18(15)25/h5-6,11-12,14H,2-4,7-10H2,1H3,(H,21,22,25). The molecule has 0 aromatic carbocycles. The fourth-order valence-corrected chi connectivity index (χ4v) is 3.48. The van der Waals surface area contributed by atoms with Crippen molar-refractivity contribution in [2.75, 3.05) is 31.1 Å². The maximum absolute atomic E-state index is 12.8. The van der Waals surface area contributed by atoms with Gasteiger partial charge in [-0.2, -0.15) is 0 Å². The Kier molecular flexibility index (Phi) is 4.44. The third kappa shape index (κ3) is 3.34. The summed E-state index contributed by atoms with van der Waals surface area (Å²) < 4.78 is 0. The van der Waals surface area contributed by atoms with Gasteiger partial charge in [0.05, 0.1) is 0 Å². The normalized spacial score (nSPS) is 17.9. The fraction of sp³-hybridized carbons (Fsp3) is 0.474. The Morgan fingerprint density at radius 1 is 1.19 bits per heavy atom. The molecule has 3 heterocycles.